The summed E-state index contributed by atoms with van der Waals surface area (Å²) in [5, 5.41) is 4.99. The SMILES string of the molecule is COc1cc(/C=C2\C(=O)NC(=O)N(c3ccc(C)c(C)c3)C2=O)cc(Br)c1OCC(=O)Nc1cccc(C)c1. The number of ether oxygens (including phenoxy) is 2. The number of hydrogen-bond donors (Lipinski definition) is 2. The van der Waals surface area contributed by atoms with Gasteiger partial charge in [0.05, 0.1) is 17.3 Å². The van der Waals surface area contributed by atoms with Crippen molar-refractivity contribution >= 4 is 57.1 Å². The first-order valence-electron chi connectivity index (χ1n) is 11.9. The van der Waals surface area contributed by atoms with Gasteiger partial charge < -0.3 is 14.8 Å². The van der Waals surface area contributed by atoms with E-state index in [1.807, 2.05) is 39.0 Å². The Morgan fingerprint density at radius 1 is 1.03 bits per heavy atom. The van der Waals surface area contributed by atoms with E-state index in [-0.39, 0.29) is 29.6 Å². The Bertz CT molecular complexity index is 1530. The monoisotopic (exact) mass is 591 g/mol. The third kappa shape index (κ3) is 6.18. The topological polar surface area (TPSA) is 114 Å². The normalized spacial score (nSPS) is 14.3. The molecule has 3 aromatic carbocycles. The summed E-state index contributed by atoms with van der Waals surface area (Å²) in [6, 6.07) is 14.9. The summed E-state index contributed by atoms with van der Waals surface area (Å²) in [6.07, 6.45) is 1.36. The molecule has 1 saturated heterocycles. The molecule has 9 nitrogen and oxygen atoms in total. The number of rotatable bonds is 7. The molecule has 0 aromatic heterocycles. The van der Waals surface area contributed by atoms with E-state index in [9.17, 15) is 19.2 Å². The molecule has 1 aliphatic heterocycles. The molecular weight excluding hydrogens is 566 g/mol. The maximum absolute atomic E-state index is 13.3. The van der Waals surface area contributed by atoms with E-state index in [0.717, 1.165) is 21.6 Å². The molecule has 4 rings (SSSR count). The zero-order chi connectivity index (χ0) is 28.3. The highest BCUT2D eigenvalue weighted by molar-refractivity contribution is 9.10. The number of urea groups is 1. The second-order valence-electron chi connectivity index (χ2n) is 8.97. The summed E-state index contributed by atoms with van der Waals surface area (Å²) in [4.78, 5) is 51.8. The van der Waals surface area contributed by atoms with Crippen LogP contribution in [0.2, 0.25) is 0 Å². The molecule has 0 bridgehead atoms. The lowest BCUT2D eigenvalue weighted by Crippen LogP contribution is -2.54. The van der Waals surface area contributed by atoms with Crippen LogP contribution in [0.1, 0.15) is 22.3 Å². The van der Waals surface area contributed by atoms with E-state index in [0.29, 0.717) is 21.4 Å². The fourth-order valence-corrected chi connectivity index (χ4v) is 4.52. The minimum Gasteiger partial charge on any atom is -0.493 e. The number of nitrogens with one attached hydrogen (secondary N) is 2. The number of aryl methyl sites for hydroxylation is 3. The molecule has 0 saturated carbocycles. The number of nitrogens with zero attached hydrogens (tertiary/aromatic N) is 1. The average Bonchev–Trinajstić information content (AvgIpc) is 2.87. The van der Waals surface area contributed by atoms with Crippen LogP contribution in [-0.4, -0.2) is 37.5 Å². The van der Waals surface area contributed by atoms with Gasteiger partial charge in [-0.25, -0.2) is 9.69 Å². The number of anilines is 2. The van der Waals surface area contributed by atoms with Crippen molar-refractivity contribution in [2.24, 2.45) is 0 Å². The summed E-state index contributed by atoms with van der Waals surface area (Å²) in [6.45, 7) is 5.43. The van der Waals surface area contributed by atoms with Crippen LogP contribution in [0.25, 0.3) is 6.08 Å². The Balaban J connectivity index is 1.57. The molecule has 0 atom stereocenters. The van der Waals surface area contributed by atoms with E-state index in [1.165, 1.54) is 13.2 Å². The lowest BCUT2D eigenvalue weighted by molar-refractivity contribution is -0.122. The van der Waals surface area contributed by atoms with Crippen LogP contribution >= 0.6 is 15.9 Å². The van der Waals surface area contributed by atoms with Crippen LogP contribution in [0, 0.1) is 20.8 Å². The van der Waals surface area contributed by atoms with Gasteiger partial charge in [0.1, 0.15) is 5.57 Å². The summed E-state index contributed by atoms with van der Waals surface area (Å²) in [5.74, 6) is -1.39. The zero-order valence-corrected chi connectivity index (χ0v) is 23.3. The molecule has 0 unspecified atom stereocenters. The quantitative estimate of drug-likeness (QED) is 0.293. The van der Waals surface area contributed by atoms with Crippen LogP contribution in [0.3, 0.4) is 0 Å². The molecule has 3 aromatic rings. The molecular formula is C29H26BrN3O6. The van der Waals surface area contributed by atoms with Crippen molar-refractivity contribution < 1.29 is 28.7 Å². The van der Waals surface area contributed by atoms with Gasteiger partial charge in [0.15, 0.2) is 18.1 Å². The van der Waals surface area contributed by atoms with Crippen molar-refractivity contribution in [2.75, 3.05) is 23.9 Å². The molecule has 39 heavy (non-hydrogen) atoms. The predicted molar refractivity (Wildman–Crippen MR) is 151 cm³/mol. The Kier molecular flexibility index (Phi) is 8.15. The van der Waals surface area contributed by atoms with Gasteiger partial charge in [0.2, 0.25) is 0 Å². The van der Waals surface area contributed by atoms with E-state index in [1.54, 1.807) is 36.4 Å². The lowest BCUT2D eigenvalue weighted by Gasteiger charge is -2.27. The van der Waals surface area contributed by atoms with Crippen molar-refractivity contribution in [3.63, 3.8) is 0 Å². The van der Waals surface area contributed by atoms with Crippen molar-refractivity contribution in [1.82, 2.24) is 5.32 Å². The third-order valence-corrected chi connectivity index (χ3v) is 6.65. The number of methoxy groups -OCH3 is 1. The third-order valence-electron chi connectivity index (χ3n) is 6.06. The van der Waals surface area contributed by atoms with Crippen LogP contribution in [0.4, 0.5) is 16.2 Å². The Morgan fingerprint density at radius 2 is 1.79 bits per heavy atom. The molecule has 1 aliphatic rings. The molecule has 200 valence electrons. The van der Waals surface area contributed by atoms with Gasteiger partial charge in [-0.1, -0.05) is 18.2 Å². The van der Waals surface area contributed by atoms with Crippen molar-refractivity contribution in [2.45, 2.75) is 20.8 Å². The fraction of sp³-hybridized carbons (Fsp3) is 0.172. The number of halogens is 1. The molecule has 0 radical (unpaired) electrons. The van der Waals surface area contributed by atoms with Crippen LogP contribution < -0.4 is 25.0 Å². The number of carbonyl (C=O) groups excluding carboxylic acids is 4. The number of benzene rings is 3. The molecule has 0 aliphatic carbocycles. The van der Waals surface area contributed by atoms with E-state index in [4.69, 9.17) is 9.47 Å². The predicted octanol–water partition coefficient (Wildman–Crippen LogP) is 5.07. The first-order valence-corrected chi connectivity index (χ1v) is 12.7. The first kappa shape index (κ1) is 27.6. The first-order chi connectivity index (χ1) is 18.6. The summed E-state index contributed by atoms with van der Waals surface area (Å²) in [5.41, 5.74) is 4.12. The number of carbonyl (C=O) groups is 4. The largest absolute Gasteiger partial charge is 0.493 e. The van der Waals surface area contributed by atoms with Gasteiger partial charge in [-0.15, -0.1) is 0 Å². The second-order valence-corrected chi connectivity index (χ2v) is 9.82. The maximum atomic E-state index is 13.3. The number of amides is 5. The minimum absolute atomic E-state index is 0.229. The smallest absolute Gasteiger partial charge is 0.335 e. The number of barbiturate groups is 1. The molecule has 2 N–H and O–H groups in total. The van der Waals surface area contributed by atoms with Crippen molar-refractivity contribution in [1.29, 1.82) is 0 Å². The van der Waals surface area contributed by atoms with Crippen LogP contribution in [0.5, 0.6) is 11.5 Å². The summed E-state index contributed by atoms with van der Waals surface area (Å²) >= 11 is 3.42. The van der Waals surface area contributed by atoms with Gasteiger partial charge in [-0.3, -0.25) is 19.7 Å². The van der Waals surface area contributed by atoms with Gasteiger partial charge in [0, 0.05) is 5.69 Å². The van der Waals surface area contributed by atoms with E-state index < -0.39 is 17.8 Å². The van der Waals surface area contributed by atoms with Crippen molar-refractivity contribution in [3.8, 4) is 11.5 Å². The Labute approximate surface area is 233 Å². The molecule has 1 heterocycles. The Morgan fingerprint density at radius 3 is 2.49 bits per heavy atom. The highest BCUT2D eigenvalue weighted by Gasteiger charge is 2.37. The van der Waals surface area contributed by atoms with E-state index >= 15 is 0 Å². The van der Waals surface area contributed by atoms with Gasteiger partial charge in [-0.05, 0) is 101 Å². The number of imide groups is 2. The average molecular weight is 592 g/mol. The second kappa shape index (κ2) is 11.5. The number of hydrogen-bond acceptors (Lipinski definition) is 6. The van der Waals surface area contributed by atoms with Crippen LogP contribution in [-0.2, 0) is 14.4 Å². The van der Waals surface area contributed by atoms with Gasteiger partial charge in [0.25, 0.3) is 17.7 Å². The van der Waals surface area contributed by atoms with Gasteiger partial charge >= 0.3 is 6.03 Å². The highest BCUT2D eigenvalue weighted by atomic mass is 79.9. The molecule has 0 spiro atoms. The summed E-state index contributed by atoms with van der Waals surface area (Å²) < 4.78 is 11.6. The highest BCUT2D eigenvalue weighted by Crippen LogP contribution is 2.37. The zero-order valence-electron chi connectivity index (χ0n) is 21.8. The fourth-order valence-electron chi connectivity index (χ4n) is 3.94. The summed E-state index contributed by atoms with van der Waals surface area (Å²) in [7, 11) is 1.43. The molecule has 1 fully saturated rings. The van der Waals surface area contributed by atoms with Crippen LogP contribution in [0.15, 0.2) is 64.6 Å². The lowest BCUT2D eigenvalue weighted by atomic mass is 10.0. The maximum Gasteiger partial charge on any atom is 0.335 e. The minimum atomic E-state index is -0.822. The van der Waals surface area contributed by atoms with Gasteiger partial charge in [-0.2, -0.15) is 0 Å². The molecule has 5 amide bonds. The standard InChI is InChI=1S/C29H26BrN3O6/c1-16-6-5-7-20(10-16)31-25(34)15-39-26-23(30)13-19(14-24(26)38-4)12-22-27(35)32-29(37)33(28(22)36)21-9-8-17(2)18(3)11-21/h5-14H,15H2,1-4H3,(H,31,34)(H,32,35,37)/b22-12+. The Hall–Kier alpha value is -4.44. The van der Waals surface area contributed by atoms with E-state index in [2.05, 4.69) is 26.6 Å². The van der Waals surface area contributed by atoms with Crippen molar-refractivity contribution in [3.05, 3.63) is 86.9 Å². The molecule has 10 heteroatoms.